The number of nitrogens with zero attached hydrogens (tertiary/aromatic N) is 2. The molecule has 0 aromatic heterocycles. The number of amides is 1. The van der Waals surface area contributed by atoms with Gasteiger partial charge in [-0.2, -0.15) is 18.4 Å². The Morgan fingerprint density at radius 3 is 2.45 bits per heavy atom. The van der Waals surface area contributed by atoms with E-state index in [4.69, 9.17) is 5.26 Å². The molecule has 7 heteroatoms. The van der Waals surface area contributed by atoms with Gasteiger partial charge in [-0.05, 0) is 24.1 Å². The van der Waals surface area contributed by atoms with E-state index in [1.54, 1.807) is 0 Å². The van der Waals surface area contributed by atoms with Gasteiger partial charge in [-0.15, -0.1) is 0 Å². The zero-order chi connectivity index (χ0) is 14.8. The molecular formula is C13H12F3N3O. The van der Waals surface area contributed by atoms with Gasteiger partial charge in [-0.25, -0.2) is 5.01 Å². The van der Waals surface area contributed by atoms with Crippen LogP contribution in [0, 0.1) is 11.3 Å². The van der Waals surface area contributed by atoms with Gasteiger partial charge in [0.05, 0.1) is 11.6 Å². The van der Waals surface area contributed by atoms with Crippen LogP contribution in [0.2, 0.25) is 0 Å². The highest BCUT2D eigenvalue weighted by atomic mass is 19.4. The summed E-state index contributed by atoms with van der Waals surface area (Å²) in [5.41, 5.74) is 3.09. The predicted octanol–water partition coefficient (Wildman–Crippen LogP) is 1.77. The number of hydrogen-bond donors (Lipinski definition) is 1. The van der Waals surface area contributed by atoms with E-state index in [2.05, 4.69) is 5.43 Å². The Balaban J connectivity index is 2.15. The summed E-state index contributed by atoms with van der Waals surface area (Å²) >= 11 is 0. The Labute approximate surface area is 113 Å². The SMILES string of the molecule is N#Cc1ccc(C[C@H](N2CCC(=O)N2)C(F)(F)F)cc1. The van der Waals surface area contributed by atoms with Crippen molar-refractivity contribution in [1.82, 2.24) is 10.4 Å². The van der Waals surface area contributed by atoms with E-state index >= 15 is 0 Å². The fraction of sp³-hybridized carbons (Fsp3) is 0.385. The van der Waals surface area contributed by atoms with Gasteiger partial charge in [0.15, 0.2) is 0 Å². The lowest BCUT2D eigenvalue weighted by molar-refractivity contribution is -0.187. The molecule has 0 radical (unpaired) electrons. The molecule has 1 fully saturated rings. The molecule has 1 heterocycles. The van der Waals surface area contributed by atoms with Gasteiger partial charge in [-0.1, -0.05) is 12.1 Å². The minimum Gasteiger partial charge on any atom is -0.288 e. The van der Waals surface area contributed by atoms with Gasteiger partial charge in [-0.3, -0.25) is 10.2 Å². The maximum atomic E-state index is 13.1. The topological polar surface area (TPSA) is 56.1 Å². The fourth-order valence-electron chi connectivity index (χ4n) is 2.07. The molecular weight excluding hydrogens is 271 g/mol. The van der Waals surface area contributed by atoms with Crippen molar-refractivity contribution >= 4 is 5.91 Å². The third-order valence-corrected chi connectivity index (χ3v) is 3.11. The maximum Gasteiger partial charge on any atom is 0.406 e. The molecule has 0 unspecified atom stereocenters. The average molecular weight is 283 g/mol. The molecule has 0 spiro atoms. The summed E-state index contributed by atoms with van der Waals surface area (Å²) in [7, 11) is 0. The Morgan fingerprint density at radius 2 is 2.00 bits per heavy atom. The zero-order valence-corrected chi connectivity index (χ0v) is 10.4. The number of alkyl halides is 3. The minimum atomic E-state index is -4.44. The first-order valence-corrected chi connectivity index (χ1v) is 6.02. The van der Waals surface area contributed by atoms with E-state index < -0.39 is 18.1 Å². The average Bonchev–Trinajstić information content (AvgIpc) is 2.81. The summed E-state index contributed by atoms with van der Waals surface area (Å²) in [5.74, 6) is -0.404. The van der Waals surface area contributed by atoms with Gasteiger partial charge < -0.3 is 0 Å². The standard InChI is InChI=1S/C13H12F3N3O/c14-13(15,16)11(19-6-5-12(20)18-19)7-9-1-3-10(8-17)4-2-9/h1-4,11H,5-7H2,(H,18,20)/t11-/m0/s1. The maximum absolute atomic E-state index is 13.1. The lowest BCUT2D eigenvalue weighted by atomic mass is 10.0. The molecule has 0 aliphatic carbocycles. The second-order valence-corrected chi connectivity index (χ2v) is 4.55. The van der Waals surface area contributed by atoms with Crippen LogP contribution in [0.3, 0.4) is 0 Å². The van der Waals surface area contributed by atoms with E-state index in [0.717, 1.165) is 5.01 Å². The Hall–Kier alpha value is -2.07. The van der Waals surface area contributed by atoms with Crippen molar-refractivity contribution in [3.63, 3.8) is 0 Å². The van der Waals surface area contributed by atoms with Gasteiger partial charge in [0.2, 0.25) is 5.91 Å². The van der Waals surface area contributed by atoms with Crippen molar-refractivity contribution in [2.24, 2.45) is 0 Å². The normalized spacial score (nSPS) is 17.6. The zero-order valence-electron chi connectivity index (χ0n) is 10.4. The summed E-state index contributed by atoms with van der Waals surface area (Å²) in [4.78, 5) is 11.1. The summed E-state index contributed by atoms with van der Waals surface area (Å²) in [6.07, 6.45) is -4.64. The number of rotatable bonds is 3. The number of hydrogen-bond acceptors (Lipinski definition) is 3. The smallest absolute Gasteiger partial charge is 0.288 e. The molecule has 1 aromatic rings. The molecule has 1 N–H and O–H groups in total. The number of benzene rings is 1. The number of nitriles is 1. The molecule has 4 nitrogen and oxygen atoms in total. The summed E-state index contributed by atoms with van der Waals surface area (Å²) in [6, 6.07) is 6.09. The second-order valence-electron chi connectivity index (χ2n) is 4.55. The van der Waals surface area contributed by atoms with Crippen molar-refractivity contribution in [3.05, 3.63) is 35.4 Å². The number of carbonyl (C=O) groups is 1. The lowest BCUT2D eigenvalue weighted by Crippen LogP contribution is -2.51. The monoisotopic (exact) mass is 283 g/mol. The minimum absolute atomic E-state index is 0.0410. The van der Waals surface area contributed by atoms with Crippen LogP contribution in [0.15, 0.2) is 24.3 Å². The van der Waals surface area contributed by atoms with E-state index in [1.807, 2.05) is 6.07 Å². The van der Waals surface area contributed by atoms with Crippen LogP contribution in [0.4, 0.5) is 13.2 Å². The van der Waals surface area contributed by atoms with Crippen LogP contribution >= 0.6 is 0 Å². The number of nitrogens with one attached hydrogen (secondary N) is 1. The molecule has 1 saturated heterocycles. The van der Waals surface area contributed by atoms with Crippen molar-refractivity contribution in [3.8, 4) is 6.07 Å². The highest BCUT2D eigenvalue weighted by Crippen LogP contribution is 2.28. The quantitative estimate of drug-likeness (QED) is 0.919. The molecule has 2 rings (SSSR count). The van der Waals surface area contributed by atoms with Gasteiger partial charge in [0, 0.05) is 13.0 Å². The summed E-state index contributed by atoms with van der Waals surface area (Å²) in [5, 5.41) is 9.59. The number of halogens is 3. The molecule has 1 amide bonds. The second kappa shape index (κ2) is 5.51. The molecule has 1 aliphatic rings. The molecule has 0 bridgehead atoms. The van der Waals surface area contributed by atoms with E-state index in [-0.39, 0.29) is 19.4 Å². The van der Waals surface area contributed by atoms with Crippen LogP contribution in [0.1, 0.15) is 17.5 Å². The first kappa shape index (κ1) is 14.3. The third kappa shape index (κ3) is 3.27. The highest BCUT2D eigenvalue weighted by molar-refractivity contribution is 5.77. The Kier molecular flexibility index (Phi) is 3.95. The Morgan fingerprint density at radius 1 is 1.35 bits per heavy atom. The first-order valence-electron chi connectivity index (χ1n) is 6.02. The number of hydrazine groups is 1. The van der Waals surface area contributed by atoms with Crippen LogP contribution in [0.25, 0.3) is 0 Å². The Bertz CT molecular complexity index is 533. The summed E-state index contributed by atoms with van der Waals surface area (Å²) in [6.45, 7) is 0.0410. The predicted molar refractivity (Wildman–Crippen MR) is 64.2 cm³/mol. The van der Waals surface area contributed by atoms with Crippen LogP contribution < -0.4 is 5.43 Å². The van der Waals surface area contributed by atoms with Crippen molar-refractivity contribution in [1.29, 1.82) is 5.26 Å². The summed E-state index contributed by atoms with van der Waals surface area (Å²) < 4.78 is 39.3. The highest BCUT2D eigenvalue weighted by Gasteiger charge is 2.45. The number of carbonyl (C=O) groups excluding carboxylic acids is 1. The molecule has 106 valence electrons. The van der Waals surface area contributed by atoms with Crippen LogP contribution in [-0.4, -0.2) is 29.7 Å². The van der Waals surface area contributed by atoms with Crippen molar-refractivity contribution in [2.45, 2.75) is 25.1 Å². The van der Waals surface area contributed by atoms with Gasteiger partial charge in [0.1, 0.15) is 6.04 Å². The molecule has 1 aliphatic heterocycles. The van der Waals surface area contributed by atoms with Gasteiger partial charge in [0.25, 0.3) is 0 Å². The lowest BCUT2D eigenvalue weighted by Gasteiger charge is -2.29. The molecule has 20 heavy (non-hydrogen) atoms. The van der Waals surface area contributed by atoms with E-state index in [1.165, 1.54) is 24.3 Å². The molecule has 1 atom stereocenters. The van der Waals surface area contributed by atoms with E-state index in [9.17, 15) is 18.0 Å². The van der Waals surface area contributed by atoms with Crippen LogP contribution in [-0.2, 0) is 11.2 Å². The molecule has 1 aromatic carbocycles. The van der Waals surface area contributed by atoms with Gasteiger partial charge >= 0.3 is 6.18 Å². The van der Waals surface area contributed by atoms with E-state index in [0.29, 0.717) is 11.1 Å². The third-order valence-electron chi connectivity index (χ3n) is 3.11. The fourth-order valence-corrected chi connectivity index (χ4v) is 2.07. The van der Waals surface area contributed by atoms with Crippen LogP contribution in [0.5, 0.6) is 0 Å². The van der Waals surface area contributed by atoms with Crippen molar-refractivity contribution < 1.29 is 18.0 Å². The van der Waals surface area contributed by atoms with Crippen molar-refractivity contribution in [2.75, 3.05) is 6.54 Å². The first-order chi connectivity index (χ1) is 9.40. The molecule has 0 saturated carbocycles. The largest absolute Gasteiger partial charge is 0.406 e.